The molecule has 17 heavy (non-hydrogen) atoms. The van der Waals surface area contributed by atoms with E-state index in [1.54, 1.807) is 0 Å². The van der Waals surface area contributed by atoms with Crippen LogP contribution in [0.5, 0.6) is 0 Å². The van der Waals surface area contributed by atoms with Crippen LogP contribution in [0.15, 0.2) is 0 Å². The standard InChI is InChI=1S/C11H24N2O3S/c1-3-10-5-4-6-12-11(10)9-13-17(14,15)8-7-16-2/h10-13H,3-9H2,1-2H3. The summed E-state index contributed by atoms with van der Waals surface area (Å²) < 4.78 is 30.7. The van der Waals surface area contributed by atoms with Crippen LogP contribution in [-0.2, 0) is 14.8 Å². The van der Waals surface area contributed by atoms with Crippen molar-refractivity contribution in [3.05, 3.63) is 0 Å². The van der Waals surface area contributed by atoms with E-state index in [2.05, 4.69) is 17.0 Å². The summed E-state index contributed by atoms with van der Waals surface area (Å²) in [5.74, 6) is 0.612. The first-order chi connectivity index (χ1) is 8.09. The summed E-state index contributed by atoms with van der Waals surface area (Å²) in [6, 6.07) is 0.270. The maximum absolute atomic E-state index is 11.6. The molecule has 0 aromatic carbocycles. The Bertz CT molecular complexity index is 306. The summed E-state index contributed by atoms with van der Waals surface area (Å²) in [6.45, 7) is 3.88. The van der Waals surface area contributed by atoms with Crippen LogP contribution in [0.2, 0.25) is 0 Å². The van der Waals surface area contributed by atoms with E-state index < -0.39 is 10.0 Å². The number of hydrogen-bond donors (Lipinski definition) is 2. The fourth-order valence-electron chi connectivity index (χ4n) is 2.23. The molecule has 5 nitrogen and oxygen atoms in total. The molecule has 2 N–H and O–H groups in total. The molecule has 0 bridgehead atoms. The van der Waals surface area contributed by atoms with Crippen molar-refractivity contribution in [2.45, 2.75) is 32.2 Å². The second-order valence-corrected chi connectivity index (χ2v) is 6.46. The van der Waals surface area contributed by atoms with Gasteiger partial charge < -0.3 is 10.1 Å². The molecule has 0 aromatic heterocycles. The number of piperidine rings is 1. The zero-order chi connectivity index (χ0) is 12.7. The molecule has 1 aliphatic rings. The predicted octanol–water partition coefficient (Wildman–Crippen LogP) is 0.330. The van der Waals surface area contributed by atoms with E-state index in [1.807, 2.05) is 0 Å². The van der Waals surface area contributed by atoms with Gasteiger partial charge in [0, 0.05) is 19.7 Å². The number of ether oxygens (including phenoxy) is 1. The van der Waals surface area contributed by atoms with Gasteiger partial charge in [-0.15, -0.1) is 0 Å². The molecule has 2 atom stereocenters. The highest BCUT2D eigenvalue weighted by Crippen LogP contribution is 2.19. The van der Waals surface area contributed by atoms with Crippen LogP contribution in [0, 0.1) is 5.92 Å². The van der Waals surface area contributed by atoms with Crippen molar-refractivity contribution < 1.29 is 13.2 Å². The lowest BCUT2D eigenvalue weighted by atomic mass is 9.89. The molecule has 0 radical (unpaired) electrons. The highest BCUT2D eigenvalue weighted by atomic mass is 32.2. The maximum Gasteiger partial charge on any atom is 0.213 e. The molecular formula is C11H24N2O3S. The normalized spacial score (nSPS) is 26.0. The summed E-state index contributed by atoms with van der Waals surface area (Å²) >= 11 is 0. The van der Waals surface area contributed by atoms with Crippen LogP contribution >= 0.6 is 0 Å². The SMILES string of the molecule is CCC1CCCNC1CNS(=O)(=O)CCOC. The van der Waals surface area contributed by atoms with E-state index in [0.717, 1.165) is 13.0 Å². The third-order valence-electron chi connectivity index (χ3n) is 3.33. The highest BCUT2D eigenvalue weighted by molar-refractivity contribution is 7.89. The number of hydrogen-bond acceptors (Lipinski definition) is 4. The molecule has 1 saturated heterocycles. The number of rotatable bonds is 7. The van der Waals surface area contributed by atoms with Gasteiger partial charge in [0.25, 0.3) is 0 Å². The van der Waals surface area contributed by atoms with E-state index in [9.17, 15) is 8.42 Å². The van der Waals surface area contributed by atoms with Crippen molar-refractivity contribution in [3.8, 4) is 0 Å². The molecule has 6 heteroatoms. The van der Waals surface area contributed by atoms with Crippen LogP contribution < -0.4 is 10.0 Å². The molecule has 1 fully saturated rings. The van der Waals surface area contributed by atoms with Gasteiger partial charge in [0.05, 0.1) is 12.4 Å². The molecule has 1 aliphatic heterocycles. The van der Waals surface area contributed by atoms with Crippen molar-refractivity contribution in [2.24, 2.45) is 5.92 Å². The Morgan fingerprint density at radius 1 is 1.47 bits per heavy atom. The first-order valence-electron chi connectivity index (χ1n) is 6.28. The molecule has 0 amide bonds. The third kappa shape index (κ3) is 5.33. The Hall–Kier alpha value is -0.170. The Labute approximate surface area is 104 Å². The molecule has 0 spiro atoms. The molecular weight excluding hydrogens is 240 g/mol. The van der Waals surface area contributed by atoms with Gasteiger partial charge in [-0.1, -0.05) is 13.3 Å². The number of nitrogens with one attached hydrogen (secondary N) is 2. The summed E-state index contributed by atoms with van der Waals surface area (Å²) in [5, 5.41) is 3.39. The second-order valence-electron chi connectivity index (χ2n) is 4.53. The maximum atomic E-state index is 11.6. The van der Waals surface area contributed by atoms with Crippen LogP contribution in [0.4, 0.5) is 0 Å². The van der Waals surface area contributed by atoms with Crippen LogP contribution in [-0.4, -0.2) is 47.0 Å². The fourth-order valence-corrected chi connectivity index (χ4v) is 3.19. The molecule has 0 aromatic rings. The molecule has 0 aliphatic carbocycles. The second kappa shape index (κ2) is 7.31. The van der Waals surface area contributed by atoms with Gasteiger partial charge in [-0.2, -0.15) is 0 Å². The van der Waals surface area contributed by atoms with Gasteiger partial charge in [-0.05, 0) is 25.3 Å². The average Bonchev–Trinajstić information content (AvgIpc) is 2.34. The zero-order valence-corrected chi connectivity index (χ0v) is 11.6. The van der Waals surface area contributed by atoms with Crippen LogP contribution in [0.1, 0.15) is 26.2 Å². The Morgan fingerprint density at radius 3 is 2.88 bits per heavy atom. The van der Waals surface area contributed by atoms with E-state index in [4.69, 9.17) is 4.74 Å². The van der Waals surface area contributed by atoms with E-state index in [0.29, 0.717) is 12.5 Å². The van der Waals surface area contributed by atoms with Gasteiger partial charge in [0.15, 0.2) is 0 Å². The van der Waals surface area contributed by atoms with Crippen LogP contribution in [0.25, 0.3) is 0 Å². The minimum absolute atomic E-state index is 0.0347. The topological polar surface area (TPSA) is 67.4 Å². The molecule has 102 valence electrons. The Kier molecular flexibility index (Phi) is 6.40. The average molecular weight is 264 g/mol. The largest absolute Gasteiger partial charge is 0.384 e. The van der Waals surface area contributed by atoms with Crippen molar-refractivity contribution in [3.63, 3.8) is 0 Å². The van der Waals surface area contributed by atoms with E-state index in [-0.39, 0.29) is 18.4 Å². The van der Waals surface area contributed by atoms with Gasteiger partial charge >= 0.3 is 0 Å². The summed E-state index contributed by atoms with van der Waals surface area (Å²) in [7, 11) is -1.68. The minimum Gasteiger partial charge on any atom is -0.384 e. The van der Waals surface area contributed by atoms with Crippen molar-refractivity contribution in [1.29, 1.82) is 0 Å². The van der Waals surface area contributed by atoms with Crippen molar-refractivity contribution in [2.75, 3.05) is 32.6 Å². The van der Waals surface area contributed by atoms with Gasteiger partial charge in [0.2, 0.25) is 10.0 Å². The highest BCUT2D eigenvalue weighted by Gasteiger charge is 2.24. The Balaban J connectivity index is 2.37. The zero-order valence-electron chi connectivity index (χ0n) is 10.7. The third-order valence-corrected chi connectivity index (χ3v) is 4.64. The lowest BCUT2D eigenvalue weighted by Gasteiger charge is -2.32. The fraction of sp³-hybridized carbons (Fsp3) is 1.00. The summed E-state index contributed by atoms with van der Waals surface area (Å²) in [5.41, 5.74) is 0. The Morgan fingerprint density at radius 2 is 2.24 bits per heavy atom. The van der Waals surface area contributed by atoms with Gasteiger partial charge in [-0.25, -0.2) is 13.1 Å². The van der Waals surface area contributed by atoms with Crippen molar-refractivity contribution in [1.82, 2.24) is 10.0 Å². The summed E-state index contributed by atoms with van der Waals surface area (Å²) in [4.78, 5) is 0. The number of sulfonamides is 1. The number of methoxy groups -OCH3 is 1. The summed E-state index contributed by atoms with van der Waals surface area (Å²) in [6.07, 6.45) is 3.47. The smallest absolute Gasteiger partial charge is 0.213 e. The molecule has 1 rings (SSSR count). The van der Waals surface area contributed by atoms with Crippen molar-refractivity contribution >= 4 is 10.0 Å². The first-order valence-corrected chi connectivity index (χ1v) is 7.94. The van der Waals surface area contributed by atoms with E-state index in [1.165, 1.54) is 20.0 Å². The van der Waals surface area contributed by atoms with Gasteiger partial charge in [0.1, 0.15) is 0 Å². The molecule has 2 unspecified atom stereocenters. The monoisotopic (exact) mass is 264 g/mol. The minimum atomic E-state index is -3.19. The lowest BCUT2D eigenvalue weighted by molar-refractivity contribution is 0.216. The first kappa shape index (κ1) is 14.9. The molecule has 1 heterocycles. The molecule has 0 saturated carbocycles. The van der Waals surface area contributed by atoms with E-state index >= 15 is 0 Å². The van der Waals surface area contributed by atoms with Gasteiger partial charge in [-0.3, -0.25) is 0 Å². The van der Waals surface area contributed by atoms with Crippen LogP contribution in [0.3, 0.4) is 0 Å². The quantitative estimate of drug-likeness (QED) is 0.695. The lowest BCUT2D eigenvalue weighted by Crippen LogP contribution is -2.48. The predicted molar refractivity (Wildman–Crippen MR) is 68.5 cm³/mol.